The molecule has 1 aromatic heterocycles. The number of halogens is 1. The van der Waals surface area contributed by atoms with Crippen molar-refractivity contribution < 1.29 is 9.53 Å². The molecule has 0 spiro atoms. The molecule has 0 saturated carbocycles. The predicted molar refractivity (Wildman–Crippen MR) is 128 cm³/mol. The second-order valence-electron chi connectivity index (χ2n) is 8.00. The lowest BCUT2D eigenvalue weighted by molar-refractivity contribution is -0.121. The van der Waals surface area contributed by atoms with Crippen LogP contribution in [0.3, 0.4) is 0 Å². The zero-order valence-electron chi connectivity index (χ0n) is 18.1. The van der Waals surface area contributed by atoms with Crippen LogP contribution in [-0.4, -0.2) is 61.3 Å². The molecular formula is C20H35IN6O2. The molecule has 2 heterocycles. The number of morpholine rings is 1. The van der Waals surface area contributed by atoms with Crippen molar-refractivity contribution >= 4 is 41.7 Å². The maximum absolute atomic E-state index is 12.0. The third-order valence-electron chi connectivity index (χ3n) is 4.07. The van der Waals surface area contributed by atoms with Crippen LogP contribution >= 0.6 is 24.0 Å². The van der Waals surface area contributed by atoms with Gasteiger partial charge < -0.3 is 25.6 Å². The number of pyridine rings is 1. The monoisotopic (exact) mass is 518 g/mol. The number of hydrogen-bond acceptors (Lipinski definition) is 5. The first-order valence-electron chi connectivity index (χ1n) is 9.91. The van der Waals surface area contributed by atoms with E-state index in [1.807, 2.05) is 40.0 Å². The molecule has 0 bridgehead atoms. The van der Waals surface area contributed by atoms with Crippen molar-refractivity contribution in [2.24, 2.45) is 4.99 Å². The molecule has 1 aromatic rings. The first-order chi connectivity index (χ1) is 13.3. The van der Waals surface area contributed by atoms with Crippen molar-refractivity contribution in [2.75, 3.05) is 37.7 Å². The van der Waals surface area contributed by atoms with Crippen LogP contribution in [0.25, 0.3) is 0 Å². The molecule has 1 atom stereocenters. The van der Waals surface area contributed by atoms with Gasteiger partial charge in [0.2, 0.25) is 5.91 Å². The van der Waals surface area contributed by atoms with Crippen molar-refractivity contribution in [3.8, 4) is 0 Å². The highest BCUT2D eigenvalue weighted by atomic mass is 127. The summed E-state index contributed by atoms with van der Waals surface area (Å²) in [5.74, 6) is 1.50. The van der Waals surface area contributed by atoms with Gasteiger partial charge in [0.1, 0.15) is 5.82 Å². The van der Waals surface area contributed by atoms with E-state index in [1.54, 1.807) is 0 Å². The van der Waals surface area contributed by atoms with Gasteiger partial charge in [0.25, 0.3) is 0 Å². The summed E-state index contributed by atoms with van der Waals surface area (Å²) in [6, 6.07) is 4.03. The van der Waals surface area contributed by atoms with E-state index in [4.69, 9.17) is 4.74 Å². The quantitative estimate of drug-likeness (QED) is 0.303. The van der Waals surface area contributed by atoms with Crippen molar-refractivity contribution in [2.45, 2.75) is 52.8 Å². The Morgan fingerprint density at radius 1 is 1.38 bits per heavy atom. The van der Waals surface area contributed by atoms with Crippen LogP contribution in [0.1, 0.15) is 40.2 Å². The van der Waals surface area contributed by atoms with Crippen molar-refractivity contribution in [3.63, 3.8) is 0 Å². The van der Waals surface area contributed by atoms with Gasteiger partial charge in [0.05, 0.1) is 25.8 Å². The molecule has 8 nitrogen and oxygen atoms in total. The number of hydrogen-bond donors (Lipinski definition) is 3. The van der Waals surface area contributed by atoms with E-state index in [9.17, 15) is 4.79 Å². The molecule has 9 heteroatoms. The molecule has 2 rings (SSSR count). The Hall–Kier alpha value is -1.62. The summed E-state index contributed by atoms with van der Waals surface area (Å²) in [4.78, 5) is 23.3. The maximum Gasteiger partial charge on any atom is 0.239 e. The Bertz CT molecular complexity index is 677. The van der Waals surface area contributed by atoms with Gasteiger partial charge in [-0.3, -0.25) is 4.79 Å². The molecule has 1 fully saturated rings. The molecule has 1 amide bonds. The standard InChI is InChI=1S/C20H34N6O2.HI/c1-6-21-19(24-13-18(27)25-20(3,4)5)23-12-16-7-8-22-17(11-16)26-9-10-28-15(2)14-26;/h7-8,11,15H,6,9-10,12-14H2,1-5H3,(H,25,27)(H2,21,23,24);1H. The van der Waals surface area contributed by atoms with E-state index in [1.165, 1.54) is 0 Å². The molecule has 0 radical (unpaired) electrons. The highest BCUT2D eigenvalue weighted by molar-refractivity contribution is 14.0. The van der Waals surface area contributed by atoms with Crippen LogP contribution in [0.15, 0.2) is 23.3 Å². The molecule has 1 aliphatic heterocycles. The Kier molecular flexibility index (Phi) is 10.7. The first kappa shape index (κ1) is 25.4. The Labute approximate surface area is 191 Å². The van der Waals surface area contributed by atoms with Gasteiger partial charge in [0.15, 0.2) is 5.96 Å². The zero-order valence-corrected chi connectivity index (χ0v) is 20.4. The molecule has 0 aromatic carbocycles. The molecule has 0 aliphatic carbocycles. The minimum Gasteiger partial charge on any atom is -0.375 e. The van der Waals surface area contributed by atoms with Gasteiger partial charge in [-0.15, -0.1) is 24.0 Å². The van der Waals surface area contributed by atoms with E-state index in [0.29, 0.717) is 12.5 Å². The summed E-state index contributed by atoms with van der Waals surface area (Å²) >= 11 is 0. The zero-order chi connectivity index (χ0) is 20.6. The van der Waals surface area contributed by atoms with Crippen LogP contribution in [-0.2, 0) is 16.1 Å². The van der Waals surface area contributed by atoms with Crippen LogP contribution in [0, 0.1) is 0 Å². The molecule has 3 N–H and O–H groups in total. The number of anilines is 1. The van der Waals surface area contributed by atoms with E-state index in [2.05, 4.69) is 43.8 Å². The largest absolute Gasteiger partial charge is 0.375 e. The molecule has 29 heavy (non-hydrogen) atoms. The number of aliphatic imine (C=N–C) groups is 1. The Morgan fingerprint density at radius 3 is 2.79 bits per heavy atom. The van der Waals surface area contributed by atoms with Crippen LogP contribution < -0.4 is 20.9 Å². The average molecular weight is 518 g/mol. The van der Waals surface area contributed by atoms with Gasteiger partial charge in [-0.05, 0) is 52.3 Å². The highest BCUT2D eigenvalue weighted by Crippen LogP contribution is 2.16. The van der Waals surface area contributed by atoms with Gasteiger partial charge in [0, 0.05) is 31.4 Å². The van der Waals surface area contributed by atoms with E-state index in [0.717, 1.165) is 37.6 Å². The van der Waals surface area contributed by atoms with Gasteiger partial charge >= 0.3 is 0 Å². The number of ether oxygens (including phenoxy) is 1. The number of carbonyl (C=O) groups is 1. The van der Waals surface area contributed by atoms with E-state index >= 15 is 0 Å². The Morgan fingerprint density at radius 2 is 2.14 bits per heavy atom. The number of aromatic nitrogens is 1. The number of nitrogens with zero attached hydrogens (tertiary/aromatic N) is 3. The minimum absolute atomic E-state index is 0. The number of nitrogens with one attached hydrogen (secondary N) is 3. The van der Waals surface area contributed by atoms with Gasteiger partial charge in [-0.1, -0.05) is 0 Å². The van der Waals surface area contributed by atoms with Crippen molar-refractivity contribution in [1.29, 1.82) is 0 Å². The van der Waals surface area contributed by atoms with E-state index < -0.39 is 0 Å². The maximum atomic E-state index is 12.0. The lowest BCUT2D eigenvalue weighted by Gasteiger charge is -2.32. The molecule has 1 aliphatic rings. The SMILES string of the molecule is CCNC(=NCc1ccnc(N2CCOC(C)C2)c1)NCC(=O)NC(C)(C)C.I. The number of rotatable bonds is 6. The lowest BCUT2D eigenvalue weighted by atomic mass is 10.1. The summed E-state index contributed by atoms with van der Waals surface area (Å²) in [6.45, 7) is 13.8. The summed E-state index contributed by atoms with van der Waals surface area (Å²) in [6.07, 6.45) is 2.03. The third-order valence-corrected chi connectivity index (χ3v) is 4.07. The Balaban J connectivity index is 0.00000420. The average Bonchev–Trinajstić information content (AvgIpc) is 2.63. The summed E-state index contributed by atoms with van der Waals surface area (Å²) < 4.78 is 5.60. The topological polar surface area (TPSA) is 90.9 Å². The summed E-state index contributed by atoms with van der Waals surface area (Å²) in [5.41, 5.74) is 0.819. The molecule has 1 saturated heterocycles. The van der Waals surface area contributed by atoms with Crippen LogP contribution in [0.5, 0.6) is 0 Å². The minimum atomic E-state index is -0.251. The first-order valence-corrected chi connectivity index (χ1v) is 9.91. The van der Waals surface area contributed by atoms with Crippen molar-refractivity contribution in [1.82, 2.24) is 20.9 Å². The van der Waals surface area contributed by atoms with E-state index in [-0.39, 0.29) is 48.1 Å². The van der Waals surface area contributed by atoms with Crippen LogP contribution in [0.4, 0.5) is 5.82 Å². The summed E-state index contributed by atoms with van der Waals surface area (Å²) in [7, 11) is 0. The normalized spacial score (nSPS) is 17.3. The van der Waals surface area contributed by atoms with Crippen LogP contribution in [0.2, 0.25) is 0 Å². The second-order valence-corrected chi connectivity index (χ2v) is 8.00. The fourth-order valence-corrected chi connectivity index (χ4v) is 2.90. The fraction of sp³-hybridized carbons (Fsp3) is 0.650. The fourth-order valence-electron chi connectivity index (χ4n) is 2.90. The van der Waals surface area contributed by atoms with Gasteiger partial charge in [-0.2, -0.15) is 0 Å². The van der Waals surface area contributed by atoms with Crippen molar-refractivity contribution in [3.05, 3.63) is 23.9 Å². The lowest BCUT2D eigenvalue weighted by Crippen LogP contribution is -2.48. The summed E-state index contributed by atoms with van der Waals surface area (Å²) in [5, 5.41) is 9.18. The second kappa shape index (κ2) is 12.2. The number of carbonyl (C=O) groups excluding carboxylic acids is 1. The number of guanidine groups is 1. The van der Waals surface area contributed by atoms with Gasteiger partial charge in [-0.25, -0.2) is 9.98 Å². The predicted octanol–water partition coefficient (Wildman–Crippen LogP) is 1.89. The number of amides is 1. The molecular weight excluding hydrogens is 483 g/mol. The highest BCUT2D eigenvalue weighted by Gasteiger charge is 2.18. The smallest absolute Gasteiger partial charge is 0.239 e. The third kappa shape index (κ3) is 9.62. The molecule has 164 valence electrons. The molecule has 1 unspecified atom stereocenters.